The molecule has 10 nitrogen and oxygen atoms in total. The third-order valence-corrected chi connectivity index (χ3v) is 6.25. The number of anilines is 3. The second kappa shape index (κ2) is 9.35. The molecule has 0 amide bonds. The van der Waals surface area contributed by atoms with Gasteiger partial charge in [-0.3, -0.25) is 4.79 Å². The van der Waals surface area contributed by atoms with E-state index in [1.165, 1.54) is 10.6 Å². The van der Waals surface area contributed by atoms with Crippen molar-refractivity contribution in [2.45, 2.75) is 32.8 Å². The third kappa shape index (κ3) is 5.63. The number of sulfonamides is 1. The first-order valence-electron chi connectivity index (χ1n) is 9.73. The molecule has 1 aliphatic heterocycles. The Morgan fingerprint density at radius 3 is 2.60 bits per heavy atom. The zero-order chi connectivity index (χ0) is 21.7. The van der Waals surface area contributed by atoms with Gasteiger partial charge in [0.25, 0.3) is 0 Å². The number of nitrogens with one attached hydrogen (secondary N) is 1. The number of para-hydroxylation sites is 1. The minimum atomic E-state index is -3.24. The zero-order valence-corrected chi connectivity index (χ0v) is 17.9. The number of nitrogens with two attached hydrogens (primary N) is 1. The van der Waals surface area contributed by atoms with E-state index >= 15 is 0 Å². The van der Waals surface area contributed by atoms with Gasteiger partial charge in [0.1, 0.15) is 0 Å². The van der Waals surface area contributed by atoms with Gasteiger partial charge in [-0.05, 0) is 30.9 Å². The summed E-state index contributed by atoms with van der Waals surface area (Å²) in [6, 6.07) is 7.78. The molecule has 0 atom stereocenters. The minimum Gasteiger partial charge on any atom is -0.457 e. The number of piperidine rings is 1. The number of esters is 1. The van der Waals surface area contributed by atoms with E-state index in [-0.39, 0.29) is 30.2 Å². The van der Waals surface area contributed by atoms with Gasteiger partial charge in [0.15, 0.2) is 12.4 Å². The smallest absolute Gasteiger partial charge is 0.309 e. The van der Waals surface area contributed by atoms with Crippen LogP contribution in [0.4, 0.5) is 17.6 Å². The van der Waals surface area contributed by atoms with Crippen molar-refractivity contribution in [2.24, 2.45) is 5.92 Å². The van der Waals surface area contributed by atoms with Crippen molar-refractivity contribution in [3.63, 3.8) is 0 Å². The molecule has 0 aliphatic carbocycles. The van der Waals surface area contributed by atoms with Crippen LogP contribution in [0, 0.1) is 5.92 Å². The van der Waals surface area contributed by atoms with Gasteiger partial charge in [-0.2, -0.15) is 15.0 Å². The van der Waals surface area contributed by atoms with Crippen molar-refractivity contribution in [1.29, 1.82) is 0 Å². The average molecular weight is 435 g/mol. The summed E-state index contributed by atoms with van der Waals surface area (Å²) in [7, 11) is -3.24. The Kier molecular flexibility index (Phi) is 6.83. The number of nitrogen functional groups attached to an aromatic ring is 1. The molecular formula is C19H26N6O4S. The summed E-state index contributed by atoms with van der Waals surface area (Å²) in [5, 5.41) is 3.13. The van der Waals surface area contributed by atoms with Gasteiger partial charge in [0.2, 0.25) is 21.9 Å². The Bertz CT molecular complexity index is 1010. The van der Waals surface area contributed by atoms with E-state index in [1.54, 1.807) is 0 Å². The van der Waals surface area contributed by atoms with E-state index in [1.807, 2.05) is 31.2 Å². The first kappa shape index (κ1) is 21.9. The number of hydrogen-bond acceptors (Lipinski definition) is 9. The molecule has 0 spiro atoms. The largest absolute Gasteiger partial charge is 0.457 e. The van der Waals surface area contributed by atoms with Gasteiger partial charge in [0.05, 0.1) is 12.2 Å². The molecule has 1 saturated heterocycles. The van der Waals surface area contributed by atoms with Crippen molar-refractivity contribution in [3.05, 3.63) is 35.7 Å². The minimum absolute atomic E-state index is 0.0222. The lowest BCUT2D eigenvalue weighted by molar-refractivity contribution is -0.151. The lowest BCUT2D eigenvalue weighted by atomic mass is 9.98. The van der Waals surface area contributed by atoms with Crippen LogP contribution < -0.4 is 11.1 Å². The summed E-state index contributed by atoms with van der Waals surface area (Å²) in [6.07, 6.45) is 2.85. The summed E-state index contributed by atoms with van der Waals surface area (Å²) in [5.74, 6) is -0.213. The van der Waals surface area contributed by atoms with E-state index < -0.39 is 16.0 Å². The average Bonchev–Trinajstić information content (AvgIpc) is 2.71. The molecule has 1 fully saturated rings. The number of carbonyl (C=O) groups is 1. The van der Waals surface area contributed by atoms with Crippen LogP contribution in [0.2, 0.25) is 0 Å². The third-order valence-electron chi connectivity index (χ3n) is 4.94. The molecule has 2 heterocycles. The molecule has 3 N–H and O–H groups in total. The van der Waals surface area contributed by atoms with E-state index in [2.05, 4.69) is 20.3 Å². The molecule has 0 radical (unpaired) electrons. The second-order valence-electron chi connectivity index (χ2n) is 7.11. The Hall–Kier alpha value is -2.79. The van der Waals surface area contributed by atoms with Crippen molar-refractivity contribution in [3.8, 4) is 0 Å². The maximum absolute atomic E-state index is 12.4. The van der Waals surface area contributed by atoms with Crippen LogP contribution in [-0.2, 0) is 32.6 Å². The number of aryl methyl sites for hydroxylation is 1. The van der Waals surface area contributed by atoms with Crippen LogP contribution in [0.5, 0.6) is 0 Å². The van der Waals surface area contributed by atoms with Crippen LogP contribution in [-0.4, -0.2) is 53.0 Å². The number of benzene rings is 1. The summed E-state index contributed by atoms with van der Waals surface area (Å²) < 4.78 is 29.9. The molecule has 1 aromatic carbocycles. The number of rotatable bonds is 7. The Morgan fingerprint density at radius 2 is 1.93 bits per heavy atom. The second-order valence-corrected chi connectivity index (χ2v) is 9.10. The molecule has 1 aromatic heterocycles. The van der Waals surface area contributed by atoms with Gasteiger partial charge in [0, 0.05) is 18.8 Å². The fourth-order valence-corrected chi connectivity index (χ4v) is 4.18. The number of ether oxygens (including phenoxy) is 1. The van der Waals surface area contributed by atoms with Crippen LogP contribution in [0.1, 0.15) is 31.2 Å². The van der Waals surface area contributed by atoms with Crippen LogP contribution in [0.3, 0.4) is 0 Å². The van der Waals surface area contributed by atoms with E-state index in [4.69, 9.17) is 10.5 Å². The zero-order valence-electron chi connectivity index (χ0n) is 17.0. The molecule has 1 aliphatic rings. The number of hydrogen-bond donors (Lipinski definition) is 2. The predicted octanol–water partition coefficient (Wildman–Crippen LogP) is 1.47. The summed E-state index contributed by atoms with van der Waals surface area (Å²) in [4.78, 5) is 24.8. The standard InChI is InChI=1S/C19H26N6O4S/c1-3-13-6-4-5-7-15(13)21-19-23-16(22-18(20)24-19)12-29-17(26)14-8-10-25(11-9-14)30(2,27)28/h4-7,14H,3,8-12H2,1-2H3,(H3,20,21,22,23,24). The molecule has 2 aromatic rings. The van der Waals surface area contributed by atoms with E-state index in [0.717, 1.165) is 17.7 Å². The van der Waals surface area contributed by atoms with Crippen molar-refractivity contribution in [1.82, 2.24) is 19.3 Å². The summed E-state index contributed by atoms with van der Waals surface area (Å²) >= 11 is 0. The lowest BCUT2D eigenvalue weighted by Crippen LogP contribution is -2.40. The van der Waals surface area contributed by atoms with Gasteiger partial charge < -0.3 is 15.8 Å². The summed E-state index contributed by atoms with van der Waals surface area (Å²) in [5.41, 5.74) is 7.75. The monoisotopic (exact) mass is 434 g/mol. The van der Waals surface area contributed by atoms with Crippen molar-refractivity contribution < 1.29 is 17.9 Å². The first-order valence-corrected chi connectivity index (χ1v) is 11.6. The molecule has 0 saturated carbocycles. The molecule has 0 unspecified atom stereocenters. The molecule has 11 heteroatoms. The highest BCUT2D eigenvalue weighted by Gasteiger charge is 2.30. The highest BCUT2D eigenvalue weighted by Crippen LogP contribution is 2.22. The Balaban J connectivity index is 1.60. The van der Waals surface area contributed by atoms with E-state index in [9.17, 15) is 13.2 Å². The highest BCUT2D eigenvalue weighted by atomic mass is 32.2. The Labute approximate surface area is 175 Å². The highest BCUT2D eigenvalue weighted by molar-refractivity contribution is 7.88. The van der Waals surface area contributed by atoms with Crippen molar-refractivity contribution >= 4 is 33.6 Å². The number of aromatic nitrogens is 3. The van der Waals surface area contributed by atoms with Gasteiger partial charge in [-0.1, -0.05) is 25.1 Å². The quantitative estimate of drug-likeness (QED) is 0.620. The maximum Gasteiger partial charge on any atom is 0.309 e. The molecule has 3 rings (SSSR count). The normalized spacial score (nSPS) is 15.7. The van der Waals surface area contributed by atoms with Crippen molar-refractivity contribution in [2.75, 3.05) is 30.4 Å². The molecular weight excluding hydrogens is 408 g/mol. The van der Waals surface area contributed by atoms with E-state index in [0.29, 0.717) is 25.9 Å². The van der Waals surface area contributed by atoms with Gasteiger partial charge in [-0.25, -0.2) is 12.7 Å². The van der Waals surface area contributed by atoms with Gasteiger partial charge in [-0.15, -0.1) is 0 Å². The fraction of sp³-hybridized carbons (Fsp3) is 0.474. The van der Waals surface area contributed by atoms with Gasteiger partial charge >= 0.3 is 5.97 Å². The fourth-order valence-electron chi connectivity index (χ4n) is 3.31. The van der Waals surface area contributed by atoms with Crippen LogP contribution in [0.25, 0.3) is 0 Å². The maximum atomic E-state index is 12.4. The number of carbonyl (C=O) groups excluding carboxylic acids is 1. The first-order chi connectivity index (χ1) is 14.3. The van der Waals surface area contributed by atoms with Crippen LogP contribution >= 0.6 is 0 Å². The summed E-state index contributed by atoms with van der Waals surface area (Å²) in [6.45, 7) is 2.53. The lowest BCUT2D eigenvalue weighted by Gasteiger charge is -2.28. The number of nitrogens with zero attached hydrogens (tertiary/aromatic N) is 4. The predicted molar refractivity (Wildman–Crippen MR) is 112 cm³/mol. The SMILES string of the molecule is CCc1ccccc1Nc1nc(N)nc(COC(=O)C2CCN(S(C)(=O)=O)CC2)n1. The topological polar surface area (TPSA) is 140 Å². The molecule has 30 heavy (non-hydrogen) atoms. The molecule has 162 valence electrons. The molecule has 0 bridgehead atoms. The Morgan fingerprint density at radius 1 is 1.23 bits per heavy atom. The van der Waals surface area contributed by atoms with Crippen LogP contribution in [0.15, 0.2) is 24.3 Å².